The number of aromatic nitrogens is 8. The molecular weight excluding hydrogens is 604 g/mol. The second kappa shape index (κ2) is 13.2. The quantitative estimate of drug-likeness (QED) is 0.151. The van der Waals surface area contributed by atoms with Crippen LogP contribution >= 0.6 is 34.3 Å². The Hall–Kier alpha value is -4.46. The fraction of sp³-hybridized carbons (Fsp3) is 0.207. The molecule has 0 atom stereocenters. The third-order valence-corrected chi connectivity index (χ3v) is 8.00. The van der Waals surface area contributed by atoms with E-state index in [0.29, 0.717) is 11.0 Å². The van der Waals surface area contributed by atoms with E-state index in [2.05, 4.69) is 45.9 Å². The van der Waals surface area contributed by atoms with Crippen LogP contribution in [0.25, 0.3) is 22.5 Å². The first-order valence-corrected chi connectivity index (χ1v) is 15.3. The maximum Gasteiger partial charge on any atom is 0.249 e. The monoisotopic (exact) mass is 632 g/mol. The summed E-state index contributed by atoms with van der Waals surface area (Å²) in [4.78, 5) is 31.9. The Morgan fingerprint density at radius 1 is 0.860 bits per heavy atom. The molecule has 0 radical (unpaired) electrons. The van der Waals surface area contributed by atoms with E-state index in [1.807, 2.05) is 71.1 Å². The van der Waals surface area contributed by atoms with Gasteiger partial charge in [0.05, 0.1) is 23.8 Å². The van der Waals surface area contributed by atoms with Crippen molar-refractivity contribution in [3.8, 4) is 22.5 Å². The van der Waals surface area contributed by atoms with Crippen molar-refractivity contribution in [1.29, 1.82) is 0 Å². The van der Waals surface area contributed by atoms with Gasteiger partial charge in [-0.25, -0.2) is 24.6 Å². The van der Waals surface area contributed by atoms with Crippen LogP contribution in [-0.4, -0.2) is 45.8 Å². The summed E-state index contributed by atoms with van der Waals surface area (Å²) >= 11 is 8.96. The molecular formula is C29H29ClN10OS2. The normalized spacial score (nSPS) is 10.9. The van der Waals surface area contributed by atoms with Crippen molar-refractivity contribution in [3.05, 3.63) is 81.8 Å². The van der Waals surface area contributed by atoms with E-state index in [-0.39, 0.29) is 11.8 Å². The van der Waals surface area contributed by atoms with E-state index in [1.54, 1.807) is 47.3 Å². The number of anilines is 4. The number of hydrogen-bond donors (Lipinski definition) is 3. The summed E-state index contributed by atoms with van der Waals surface area (Å²) in [5.41, 5.74) is 4.51. The van der Waals surface area contributed by atoms with Crippen LogP contribution in [0.15, 0.2) is 61.2 Å². The zero-order chi connectivity index (χ0) is 30.5. The Bertz CT molecular complexity index is 1840. The number of rotatable bonds is 7. The largest absolute Gasteiger partial charge is 0.316 e. The van der Waals surface area contributed by atoms with Gasteiger partial charge in [0, 0.05) is 44.9 Å². The molecule has 0 unspecified atom stereocenters. The Labute approximate surface area is 261 Å². The molecule has 0 saturated heterocycles. The molecule has 0 aromatic carbocycles. The number of carbonyl (C=O) groups excluding carboxylic acids is 1. The van der Waals surface area contributed by atoms with Crippen LogP contribution in [0.3, 0.4) is 0 Å². The smallest absolute Gasteiger partial charge is 0.249 e. The van der Waals surface area contributed by atoms with E-state index < -0.39 is 0 Å². The molecule has 43 heavy (non-hydrogen) atoms. The standard InChI is InChI=1S/C17H19N5OS.C12H10ClN5S/c1-10(2)16(23)22-9-13(8-18-22)15-12(4)24-17(21-15)20-14-7-5-6-11(3)19-14;1-7-11(8-5-14-15-6-8)18-12(19-7)17-10-4-2-3-9(13)16-10/h5-10H,1-4H3,(H,19,20,21);2-6H,1H3,(H,14,15)(H,16,17,18). The fourth-order valence-electron chi connectivity index (χ4n) is 3.96. The van der Waals surface area contributed by atoms with Gasteiger partial charge in [-0.3, -0.25) is 9.89 Å². The number of nitrogens with one attached hydrogen (secondary N) is 3. The molecule has 0 fully saturated rings. The van der Waals surface area contributed by atoms with Crippen molar-refractivity contribution in [2.45, 2.75) is 34.6 Å². The molecule has 3 N–H and O–H groups in total. The molecule has 11 nitrogen and oxygen atoms in total. The topological polar surface area (TPSA) is 139 Å². The maximum absolute atomic E-state index is 12.0. The summed E-state index contributed by atoms with van der Waals surface area (Å²) in [5.74, 6) is 1.32. The first-order valence-electron chi connectivity index (χ1n) is 13.3. The number of nitrogens with zero attached hydrogens (tertiary/aromatic N) is 7. The van der Waals surface area contributed by atoms with Crippen molar-refractivity contribution in [1.82, 2.24) is 39.9 Å². The van der Waals surface area contributed by atoms with Crippen molar-refractivity contribution in [2.75, 3.05) is 10.6 Å². The lowest BCUT2D eigenvalue weighted by molar-refractivity contribution is 0.0838. The highest BCUT2D eigenvalue weighted by Crippen LogP contribution is 2.32. The Morgan fingerprint density at radius 3 is 2.07 bits per heavy atom. The Kier molecular flexibility index (Phi) is 9.24. The Balaban J connectivity index is 0.000000176. The number of carbonyl (C=O) groups is 1. The minimum atomic E-state index is -0.0982. The third kappa shape index (κ3) is 7.49. The summed E-state index contributed by atoms with van der Waals surface area (Å²) in [6.45, 7) is 9.69. The predicted molar refractivity (Wildman–Crippen MR) is 173 cm³/mol. The summed E-state index contributed by atoms with van der Waals surface area (Å²) in [6, 6.07) is 11.2. The van der Waals surface area contributed by atoms with Gasteiger partial charge in [0.25, 0.3) is 0 Å². The van der Waals surface area contributed by atoms with Crippen molar-refractivity contribution in [3.63, 3.8) is 0 Å². The summed E-state index contributed by atoms with van der Waals surface area (Å²) in [5, 5.41) is 19.3. The molecule has 6 rings (SSSR count). The highest BCUT2D eigenvalue weighted by Gasteiger charge is 2.16. The first kappa shape index (κ1) is 30.0. The summed E-state index contributed by atoms with van der Waals surface area (Å²) < 4.78 is 1.38. The first-order chi connectivity index (χ1) is 20.7. The number of aryl methyl sites for hydroxylation is 3. The number of halogens is 1. The van der Waals surface area contributed by atoms with Gasteiger partial charge in [0.15, 0.2) is 10.3 Å². The highest BCUT2D eigenvalue weighted by atomic mass is 35.5. The number of H-pyrrole nitrogens is 1. The lowest BCUT2D eigenvalue weighted by atomic mass is 10.2. The van der Waals surface area contributed by atoms with Gasteiger partial charge in [0.1, 0.15) is 16.8 Å². The molecule has 0 aliphatic carbocycles. The molecule has 6 aromatic heterocycles. The molecule has 14 heteroatoms. The van der Waals surface area contributed by atoms with Gasteiger partial charge in [-0.2, -0.15) is 10.2 Å². The molecule has 0 amide bonds. The molecule has 0 spiro atoms. The van der Waals surface area contributed by atoms with Crippen molar-refractivity contribution >= 4 is 62.1 Å². The minimum absolute atomic E-state index is 0.0311. The third-order valence-electron chi connectivity index (χ3n) is 6.01. The van der Waals surface area contributed by atoms with Crippen molar-refractivity contribution in [2.24, 2.45) is 5.92 Å². The molecule has 0 bridgehead atoms. The minimum Gasteiger partial charge on any atom is -0.316 e. The van der Waals surface area contributed by atoms with E-state index in [0.717, 1.165) is 54.0 Å². The second-order valence-corrected chi connectivity index (χ2v) is 12.6. The van der Waals surface area contributed by atoms with Gasteiger partial charge < -0.3 is 10.6 Å². The molecule has 6 aromatic rings. The number of thiazole rings is 2. The van der Waals surface area contributed by atoms with Gasteiger partial charge in [-0.15, -0.1) is 22.7 Å². The summed E-state index contributed by atoms with van der Waals surface area (Å²) in [6.07, 6.45) is 6.99. The van der Waals surface area contributed by atoms with Gasteiger partial charge >= 0.3 is 0 Å². The van der Waals surface area contributed by atoms with Crippen LogP contribution in [0.2, 0.25) is 5.15 Å². The number of aromatic amines is 1. The zero-order valence-electron chi connectivity index (χ0n) is 24.1. The average Bonchev–Trinajstić information content (AvgIpc) is 3.77. The Morgan fingerprint density at radius 2 is 1.49 bits per heavy atom. The van der Waals surface area contributed by atoms with E-state index >= 15 is 0 Å². The van der Waals surface area contributed by atoms with Gasteiger partial charge in [-0.1, -0.05) is 37.6 Å². The molecule has 0 aliphatic rings. The van der Waals surface area contributed by atoms with Crippen LogP contribution in [0.1, 0.15) is 34.1 Å². The van der Waals surface area contributed by atoms with Crippen LogP contribution in [-0.2, 0) is 0 Å². The maximum atomic E-state index is 12.0. The lowest BCUT2D eigenvalue weighted by Gasteiger charge is -2.02. The van der Waals surface area contributed by atoms with Gasteiger partial charge in [0.2, 0.25) is 5.91 Å². The van der Waals surface area contributed by atoms with E-state index in [4.69, 9.17) is 11.6 Å². The molecule has 0 saturated carbocycles. The van der Waals surface area contributed by atoms with E-state index in [1.165, 1.54) is 4.68 Å². The van der Waals surface area contributed by atoms with Crippen LogP contribution in [0.5, 0.6) is 0 Å². The fourth-order valence-corrected chi connectivity index (χ4v) is 5.80. The second-order valence-electron chi connectivity index (χ2n) is 9.76. The summed E-state index contributed by atoms with van der Waals surface area (Å²) in [7, 11) is 0. The zero-order valence-corrected chi connectivity index (χ0v) is 26.5. The van der Waals surface area contributed by atoms with Crippen LogP contribution < -0.4 is 10.6 Å². The van der Waals surface area contributed by atoms with Crippen LogP contribution in [0.4, 0.5) is 21.9 Å². The van der Waals surface area contributed by atoms with E-state index in [9.17, 15) is 4.79 Å². The van der Waals surface area contributed by atoms with Gasteiger partial charge in [-0.05, 0) is 45.0 Å². The SMILES string of the molecule is Cc1cccc(Nc2nc(-c3cnn(C(=O)C(C)C)c3)c(C)s2)n1.Cc1sc(Nc2cccc(Cl)n2)nc1-c1cn[nH]c1. The average molecular weight is 633 g/mol. The number of hydrogen-bond acceptors (Lipinski definition) is 11. The predicted octanol–water partition coefficient (Wildman–Crippen LogP) is 7.69. The van der Waals surface area contributed by atoms with Crippen LogP contribution in [0, 0.1) is 26.7 Å². The molecule has 220 valence electrons. The number of pyridine rings is 2. The highest BCUT2D eigenvalue weighted by molar-refractivity contribution is 7.16. The van der Waals surface area contributed by atoms with Crippen molar-refractivity contribution < 1.29 is 4.79 Å². The molecule has 6 heterocycles. The molecule has 0 aliphatic heterocycles. The lowest BCUT2D eigenvalue weighted by Crippen LogP contribution is -2.17.